The van der Waals surface area contributed by atoms with Gasteiger partial charge in [0.15, 0.2) is 0 Å². The zero-order chi connectivity index (χ0) is 22.8. The fourth-order valence-electron chi connectivity index (χ4n) is 4.40. The summed E-state index contributed by atoms with van der Waals surface area (Å²) in [6.45, 7) is 7.44. The summed E-state index contributed by atoms with van der Waals surface area (Å²) in [7, 11) is 0. The van der Waals surface area contributed by atoms with Crippen LogP contribution in [0.4, 0.5) is 0 Å². The number of imidazole rings is 1. The summed E-state index contributed by atoms with van der Waals surface area (Å²) in [6.07, 6.45) is 0. The number of ether oxygens (including phenoxy) is 2. The second kappa shape index (κ2) is 9.00. The molecule has 0 saturated carbocycles. The highest BCUT2D eigenvalue weighted by Gasteiger charge is 2.33. The normalized spacial score (nSPS) is 15.9. The summed E-state index contributed by atoms with van der Waals surface area (Å²) >= 11 is 0. The highest BCUT2D eigenvalue weighted by atomic mass is 16.5. The molecule has 2 unspecified atom stereocenters. The van der Waals surface area contributed by atoms with Gasteiger partial charge >= 0.3 is 5.69 Å². The van der Waals surface area contributed by atoms with Gasteiger partial charge in [-0.1, -0.05) is 31.2 Å². The van der Waals surface area contributed by atoms with Crippen LogP contribution < -0.4 is 20.5 Å². The van der Waals surface area contributed by atoms with Crippen LogP contribution in [-0.2, 0) is 4.79 Å². The zero-order valence-corrected chi connectivity index (χ0v) is 18.5. The van der Waals surface area contributed by atoms with Gasteiger partial charge in [0.1, 0.15) is 42.1 Å². The third-order valence-corrected chi connectivity index (χ3v) is 5.78. The number of benzene rings is 2. The van der Waals surface area contributed by atoms with E-state index in [0.29, 0.717) is 34.7 Å². The van der Waals surface area contributed by atoms with E-state index in [1.54, 1.807) is 23.6 Å². The number of carbonyl (C=O) groups excluding carboxylic acids is 1. The lowest BCUT2D eigenvalue weighted by molar-refractivity contribution is -0.117. The number of rotatable bonds is 9. The highest BCUT2D eigenvalue weighted by molar-refractivity contribution is 6.08. The van der Waals surface area contributed by atoms with Crippen LogP contribution >= 0.6 is 0 Å². The molecule has 3 N–H and O–H groups in total. The molecular formula is C24H28N4O4. The number of H-pyrrole nitrogens is 1. The Kier molecular flexibility index (Phi) is 6.14. The van der Waals surface area contributed by atoms with Crippen molar-refractivity contribution in [3.8, 4) is 11.5 Å². The molecule has 8 heteroatoms. The van der Waals surface area contributed by atoms with Gasteiger partial charge in [-0.3, -0.25) is 9.36 Å². The number of likely N-dealkylation sites (N-methyl/N-ethyl adjacent to an activating group) is 1. The Morgan fingerprint density at radius 1 is 1.31 bits per heavy atom. The number of hydrogen-bond acceptors (Lipinski definition) is 6. The summed E-state index contributed by atoms with van der Waals surface area (Å²) in [5.74, 6) is 0.347. The molecule has 168 valence electrons. The van der Waals surface area contributed by atoms with E-state index in [2.05, 4.69) is 10.3 Å². The summed E-state index contributed by atoms with van der Waals surface area (Å²) in [6, 6.07) is 10.8. The standard InChI is InChI=1S/C24H28N4O4/c1-4-26-11-12-31-20-8-6-5-7-16(20)19-13-32-23-17(21(14(2)25)15(3)29)9-10-18-22(23)28(19)24(30)27-18/h5-10,19,21,25-26H,4,11-13H2,1-3H3,(H,27,30). The van der Waals surface area contributed by atoms with Crippen LogP contribution in [0.1, 0.15) is 43.9 Å². The summed E-state index contributed by atoms with van der Waals surface area (Å²) in [5, 5.41) is 11.3. The zero-order valence-electron chi connectivity index (χ0n) is 18.5. The molecule has 3 aromatic rings. The second-order valence-electron chi connectivity index (χ2n) is 7.97. The van der Waals surface area contributed by atoms with E-state index in [0.717, 1.165) is 18.7 Å². The highest BCUT2D eigenvalue weighted by Crippen LogP contribution is 2.41. The maximum Gasteiger partial charge on any atom is 0.327 e. The minimum atomic E-state index is -0.703. The molecule has 1 aliphatic rings. The number of ketones is 1. The molecule has 0 aliphatic carbocycles. The number of carbonyl (C=O) groups is 1. The molecule has 0 bridgehead atoms. The molecule has 0 fully saturated rings. The van der Waals surface area contributed by atoms with E-state index in [4.69, 9.17) is 14.9 Å². The SMILES string of the molecule is CCNCCOc1ccccc1C1COc2c(C(C(C)=N)C(C)=O)ccc3[nH]c(=O)n1c23. The number of hydrogen-bond donors (Lipinski definition) is 3. The van der Waals surface area contributed by atoms with Gasteiger partial charge in [-0.15, -0.1) is 0 Å². The van der Waals surface area contributed by atoms with Crippen molar-refractivity contribution in [1.29, 1.82) is 5.41 Å². The van der Waals surface area contributed by atoms with Crippen LogP contribution in [0.25, 0.3) is 11.0 Å². The van der Waals surface area contributed by atoms with E-state index in [1.807, 2.05) is 31.2 Å². The second-order valence-corrected chi connectivity index (χ2v) is 7.97. The summed E-state index contributed by atoms with van der Waals surface area (Å²) in [4.78, 5) is 28.2. The van der Waals surface area contributed by atoms with Gasteiger partial charge in [0, 0.05) is 23.4 Å². The Bertz CT molecular complexity index is 1210. The van der Waals surface area contributed by atoms with Crippen LogP contribution in [0.5, 0.6) is 11.5 Å². The van der Waals surface area contributed by atoms with Crippen molar-refractivity contribution in [3.63, 3.8) is 0 Å². The van der Waals surface area contributed by atoms with Crippen LogP contribution in [0.2, 0.25) is 0 Å². The fourth-order valence-corrected chi connectivity index (χ4v) is 4.40. The molecule has 2 aromatic carbocycles. The number of para-hydroxylation sites is 1. The molecule has 0 radical (unpaired) electrons. The predicted octanol–water partition coefficient (Wildman–Crippen LogP) is 3.01. The number of nitrogens with zero attached hydrogens (tertiary/aromatic N) is 1. The van der Waals surface area contributed by atoms with E-state index in [1.165, 1.54) is 6.92 Å². The lowest BCUT2D eigenvalue weighted by Crippen LogP contribution is -2.32. The Balaban J connectivity index is 1.81. The first-order valence-corrected chi connectivity index (χ1v) is 10.8. The largest absolute Gasteiger partial charge is 0.492 e. The van der Waals surface area contributed by atoms with E-state index < -0.39 is 5.92 Å². The first-order chi connectivity index (χ1) is 15.4. The lowest BCUT2D eigenvalue weighted by atomic mass is 9.89. The van der Waals surface area contributed by atoms with Crippen molar-refractivity contribution in [2.75, 3.05) is 26.3 Å². The number of Topliss-reactive ketones (excluding diaryl/α,β-unsaturated/α-hetero) is 1. The smallest absolute Gasteiger partial charge is 0.327 e. The van der Waals surface area contributed by atoms with E-state index >= 15 is 0 Å². The molecule has 0 spiro atoms. The molecule has 32 heavy (non-hydrogen) atoms. The Hall–Kier alpha value is -3.39. The van der Waals surface area contributed by atoms with E-state index in [9.17, 15) is 9.59 Å². The first kappa shape index (κ1) is 21.8. The van der Waals surface area contributed by atoms with Crippen molar-refractivity contribution in [1.82, 2.24) is 14.9 Å². The third kappa shape index (κ3) is 3.82. The minimum absolute atomic E-state index is 0.136. The van der Waals surface area contributed by atoms with Crippen molar-refractivity contribution in [2.24, 2.45) is 0 Å². The molecule has 2 heterocycles. The molecule has 1 aromatic heterocycles. The lowest BCUT2D eigenvalue weighted by Gasteiger charge is -2.29. The van der Waals surface area contributed by atoms with Gasteiger partial charge in [-0.05, 0) is 32.5 Å². The predicted molar refractivity (Wildman–Crippen MR) is 123 cm³/mol. The monoisotopic (exact) mass is 436 g/mol. The van der Waals surface area contributed by atoms with Gasteiger partial charge in [-0.25, -0.2) is 4.79 Å². The molecule has 2 atom stereocenters. The summed E-state index contributed by atoms with van der Waals surface area (Å²) < 4.78 is 13.9. The van der Waals surface area contributed by atoms with Gasteiger partial charge in [0.25, 0.3) is 0 Å². The molecule has 0 saturated heterocycles. The van der Waals surface area contributed by atoms with Crippen LogP contribution in [0, 0.1) is 5.41 Å². The van der Waals surface area contributed by atoms with Crippen molar-refractivity contribution >= 4 is 22.5 Å². The topological polar surface area (TPSA) is 109 Å². The summed E-state index contributed by atoms with van der Waals surface area (Å²) in [5.41, 5.74) is 2.70. The number of nitrogens with one attached hydrogen (secondary N) is 3. The maximum atomic E-state index is 13.0. The van der Waals surface area contributed by atoms with Crippen LogP contribution in [0.15, 0.2) is 41.2 Å². The Labute approximate surface area is 186 Å². The Morgan fingerprint density at radius 3 is 2.81 bits per heavy atom. The molecular weight excluding hydrogens is 408 g/mol. The molecule has 1 aliphatic heterocycles. The minimum Gasteiger partial charge on any atom is -0.492 e. The molecule has 8 nitrogen and oxygen atoms in total. The van der Waals surface area contributed by atoms with Crippen LogP contribution in [0.3, 0.4) is 0 Å². The van der Waals surface area contributed by atoms with Crippen LogP contribution in [-0.4, -0.2) is 47.3 Å². The van der Waals surface area contributed by atoms with E-state index in [-0.39, 0.29) is 29.8 Å². The average Bonchev–Trinajstić information content (AvgIpc) is 3.10. The maximum absolute atomic E-state index is 13.0. The van der Waals surface area contributed by atoms with Crippen molar-refractivity contribution < 1.29 is 14.3 Å². The quantitative estimate of drug-likeness (QED) is 0.353. The Morgan fingerprint density at radius 2 is 2.09 bits per heavy atom. The van der Waals surface area contributed by atoms with Gasteiger partial charge in [-0.2, -0.15) is 0 Å². The van der Waals surface area contributed by atoms with Crippen molar-refractivity contribution in [2.45, 2.75) is 32.7 Å². The first-order valence-electron chi connectivity index (χ1n) is 10.8. The number of aromatic amines is 1. The molecule has 0 amide bonds. The van der Waals surface area contributed by atoms with Gasteiger partial charge < -0.3 is 25.2 Å². The average molecular weight is 437 g/mol. The number of aromatic nitrogens is 2. The fraction of sp³-hybridized carbons (Fsp3) is 0.375. The molecule has 4 rings (SSSR count). The van der Waals surface area contributed by atoms with Gasteiger partial charge in [0.2, 0.25) is 0 Å². The van der Waals surface area contributed by atoms with Crippen molar-refractivity contribution in [3.05, 3.63) is 58.0 Å². The third-order valence-electron chi connectivity index (χ3n) is 5.78. The van der Waals surface area contributed by atoms with Gasteiger partial charge in [0.05, 0.1) is 11.4 Å².